The van der Waals surface area contributed by atoms with E-state index in [0.29, 0.717) is 11.3 Å². The van der Waals surface area contributed by atoms with Crippen molar-refractivity contribution in [3.8, 4) is 0 Å². The van der Waals surface area contributed by atoms with E-state index in [1.54, 1.807) is 12.1 Å². The van der Waals surface area contributed by atoms with E-state index in [-0.39, 0.29) is 0 Å². The van der Waals surface area contributed by atoms with Gasteiger partial charge in [-0.05, 0) is 18.1 Å². The van der Waals surface area contributed by atoms with Crippen LogP contribution in [0.2, 0.25) is 0 Å². The van der Waals surface area contributed by atoms with Crippen LogP contribution in [0.25, 0.3) is 0 Å². The molecule has 0 spiro atoms. The minimum atomic E-state index is -3.11. The lowest BCUT2D eigenvalue weighted by Gasteiger charge is -2.00. The van der Waals surface area contributed by atoms with Crippen LogP contribution in [-0.2, 0) is 16.3 Å². The second-order valence-electron chi connectivity index (χ2n) is 3.13. The maximum Gasteiger partial charge on any atom is 0.185 e. The van der Waals surface area contributed by atoms with E-state index in [4.69, 9.17) is 0 Å². The third-order valence-electron chi connectivity index (χ3n) is 2.36. The van der Waals surface area contributed by atoms with Gasteiger partial charge in [-0.15, -0.1) is 6.58 Å². The maximum atomic E-state index is 11.7. The lowest BCUT2D eigenvalue weighted by Crippen LogP contribution is -2.12. The number of benzene rings is 1. The molecule has 1 atom stereocenters. The van der Waals surface area contributed by atoms with Crippen LogP contribution in [0.3, 0.4) is 0 Å². The number of hydrogen-bond acceptors (Lipinski definition) is 2. The molecule has 2 nitrogen and oxygen atoms in total. The van der Waals surface area contributed by atoms with E-state index >= 15 is 0 Å². The SMILES string of the molecule is C=CC1Cc2ccccc2S1(=O)=O. The minimum absolute atomic E-state index is 0.426. The molecule has 0 aromatic heterocycles. The van der Waals surface area contributed by atoms with E-state index in [9.17, 15) is 8.42 Å². The molecule has 68 valence electrons. The third-order valence-corrected chi connectivity index (χ3v) is 4.53. The summed E-state index contributed by atoms with van der Waals surface area (Å²) < 4.78 is 23.5. The molecule has 13 heavy (non-hydrogen) atoms. The average Bonchev–Trinajstić information content (AvgIpc) is 2.39. The molecule has 1 aliphatic rings. The Morgan fingerprint density at radius 2 is 2.08 bits per heavy atom. The van der Waals surface area contributed by atoms with E-state index < -0.39 is 15.1 Å². The van der Waals surface area contributed by atoms with E-state index in [1.807, 2.05) is 12.1 Å². The Labute approximate surface area is 77.8 Å². The highest BCUT2D eigenvalue weighted by Gasteiger charge is 2.34. The summed E-state index contributed by atoms with van der Waals surface area (Å²) in [7, 11) is -3.11. The van der Waals surface area contributed by atoms with Gasteiger partial charge in [0.25, 0.3) is 0 Å². The summed E-state index contributed by atoms with van der Waals surface area (Å²) in [6, 6.07) is 7.13. The van der Waals surface area contributed by atoms with Gasteiger partial charge in [0.1, 0.15) is 0 Å². The van der Waals surface area contributed by atoms with Crippen molar-refractivity contribution in [1.82, 2.24) is 0 Å². The fourth-order valence-corrected chi connectivity index (χ4v) is 3.41. The molecule has 1 aromatic rings. The Hall–Kier alpha value is -1.09. The fraction of sp³-hybridized carbons (Fsp3) is 0.200. The minimum Gasteiger partial charge on any atom is -0.223 e. The fourth-order valence-electron chi connectivity index (χ4n) is 1.65. The number of fused-ring (bicyclic) bond motifs is 1. The van der Waals surface area contributed by atoms with Gasteiger partial charge in [0.05, 0.1) is 10.1 Å². The monoisotopic (exact) mass is 194 g/mol. The highest BCUT2D eigenvalue weighted by molar-refractivity contribution is 7.92. The first-order valence-corrected chi connectivity index (χ1v) is 5.65. The Bertz CT molecular complexity index is 446. The molecule has 0 N–H and O–H groups in total. The Kier molecular flexibility index (Phi) is 1.77. The molecule has 0 radical (unpaired) electrons. The number of rotatable bonds is 1. The molecule has 1 heterocycles. The van der Waals surface area contributed by atoms with E-state index in [1.165, 1.54) is 6.08 Å². The zero-order valence-electron chi connectivity index (χ0n) is 7.10. The van der Waals surface area contributed by atoms with Crippen molar-refractivity contribution in [1.29, 1.82) is 0 Å². The standard InChI is InChI=1S/C10H10O2S/c1-2-9-7-8-5-3-4-6-10(8)13(9,11)12/h2-6,9H,1,7H2. The van der Waals surface area contributed by atoms with Crippen molar-refractivity contribution in [3.05, 3.63) is 42.5 Å². The van der Waals surface area contributed by atoms with Crippen molar-refractivity contribution in [2.24, 2.45) is 0 Å². The summed E-state index contributed by atoms with van der Waals surface area (Å²) in [6.45, 7) is 3.54. The first kappa shape index (κ1) is 8.51. The Morgan fingerprint density at radius 1 is 1.38 bits per heavy atom. The van der Waals surface area contributed by atoms with Crippen LogP contribution < -0.4 is 0 Å². The normalized spacial score (nSPS) is 23.8. The van der Waals surface area contributed by atoms with Crippen molar-refractivity contribution < 1.29 is 8.42 Å². The molecule has 0 amide bonds. The van der Waals surface area contributed by atoms with Gasteiger partial charge in [0.2, 0.25) is 0 Å². The van der Waals surface area contributed by atoms with Crippen molar-refractivity contribution in [2.75, 3.05) is 0 Å². The first-order valence-electron chi connectivity index (χ1n) is 4.10. The van der Waals surface area contributed by atoms with E-state index in [0.717, 1.165) is 5.56 Å². The molecule has 2 rings (SSSR count). The summed E-state index contributed by atoms with van der Waals surface area (Å²) in [5.74, 6) is 0. The van der Waals surface area contributed by atoms with Gasteiger partial charge < -0.3 is 0 Å². The van der Waals surface area contributed by atoms with Crippen molar-refractivity contribution >= 4 is 9.84 Å². The third kappa shape index (κ3) is 1.11. The van der Waals surface area contributed by atoms with Gasteiger partial charge >= 0.3 is 0 Å². The Morgan fingerprint density at radius 3 is 2.69 bits per heavy atom. The lowest BCUT2D eigenvalue weighted by molar-refractivity contribution is 0.594. The highest BCUT2D eigenvalue weighted by Crippen LogP contribution is 2.31. The molecule has 0 aliphatic carbocycles. The maximum absolute atomic E-state index is 11.7. The number of sulfone groups is 1. The molecule has 0 saturated carbocycles. The summed E-state index contributed by atoms with van der Waals surface area (Å²) in [6.07, 6.45) is 2.08. The van der Waals surface area contributed by atoms with Crippen LogP contribution >= 0.6 is 0 Å². The zero-order valence-corrected chi connectivity index (χ0v) is 7.92. The molecule has 0 fully saturated rings. The number of hydrogen-bond donors (Lipinski definition) is 0. The average molecular weight is 194 g/mol. The molecule has 0 bridgehead atoms. The second-order valence-corrected chi connectivity index (χ2v) is 5.27. The van der Waals surface area contributed by atoms with Crippen LogP contribution in [0.1, 0.15) is 5.56 Å². The largest absolute Gasteiger partial charge is 0.223 e. The van der Waals surface area contributed by atoms with Crippen LogP contribution in [0.15, 0.2) is 41.8 Å². The predicted molar refractivity (Wildman–Crippen MR) is 51.3 cm³/mol. The summed E-state index contributed by atoms with van der Waals surface area (Å²) in [4.78, 5) is 0.472. The van der Waals surface area contributed by atoms with E-state index in [2.05, 4.69) is 6.58 Å². The van der Waals surface area contributed by atoms with Gasteiger partial charge in [-0.25, -0.2) is 8.42 Å². The quantitative estimate of drug-likeness (QED) is 0.636. The van der Waals surface area contributed by atoms with Gasteiger partial charge in [-0.1, -0.05) is 24.3 Å². The summed E-state index contributed by atoms with van der Waals surface area (Å²) in [5, 5.41) is -0.426. The second kappa shape index (κ2) is 2.70. The van der Waals surface area contributed by atoms with Crippen LogP contribution in [0.5, 0.6) is 0 Å². The molecule has 3 heteroatoms. The molecule has 0 saturated heterocycles. The first-order chi connectivity index (χ1) is 6.16. The highest BCUT2D eigenvalue weighted by atomic mass is 32.2. The smallest absolute Gasteiger partial charge is 0.185 e. The molecular formula is C10H10O2S. The topological polar surface area (TPSA) is 34.1 Å². The van der Waals surface area contributed by atoms with Crippen LogP contribution in [0.4, 0.5) is 0 Å². The lowest BCUT2D eigenvalue weighted by atomic mass is 10.1. The molecule has 1 unspecified atom stereocenters. The zero-order chi connectivity index (χ0) is 9.47. The molecule has 1 aliphatic heterocycles. The van der Waals surface area contributed by atoms with Gasteiger partial charge in [-0.3, -0.25) is 0 Å². The van der Waals surface area contributed by atoms with Crippen molar-refractivity contribution in [2.45, 2.75) is 16.6 Å². The predicted octanol–water partition coefficient (Wildman–Crippen LogP) is 1.57. The summed E-state index contributed by atoms with van der Waals surface area (Å²) in [5.41, 5.74) is 0.910. The molecule has 1 aromatic carbocycles. The van der Waals surface area contributed by atoms with Gasteiger partial charge in [0.15, 0.2) is 9.84 Å². The van der Waals surface area contributed by atoms with Crippen LogP contribution in [0, 0.1) is 0 Å². The van der Waals surface area contributed by atoms with Gasteiger partial charge in [-0.2, -0.15) is 0 Å². The van der Waals surface area contributed by atoms with Gasteiger partial charge in [0, 0.05) is 0 Å². The van der Waals surface area contributed by atoms with Crippen molar-refractivity contribution in [3.63, 3.8) is 0 Å². The molecular weight excluding hydrogens is 184 g/mol. The van der Waals surface area contributed by atoms with Crippen LogP contribution in [-0.4, -0.2) is 13.7 Å². The Balaban J connectivity index is 2.67. The summed E-state index contributed by atoms with van der Waals surface area (Å²) >= 11 is 0.